The first kappa shape index (κ1) is 20.7. The molecule has 1 aliphatic heterocycles. The van der Waals surface area contributed by atoms with Crippen molar-refractivity contribution in [2.24, 2.45) is 0 Å². The molecule has 3 heterocycles. The molecule has 4 rings (SSSR count). The number of amides is 1. The van der Waals surface area contributed by atoms with Gasteiger partial charge in [-0.2, -0.15) is 15.0 Å². The highest BCUT2D eigenvalue weighted by molar-refractivity contribution is 7.12. The number of thiophene rings is 1. The molecule has 31 heavy (non-hydrogen) atoms. The zero-order valence-corrected chi connectivity index (χ0v) is 17.8. The Balaban J connectivity index is 1.41. The molecule has 1 atom stereocenters. The number of nitrogen functional groups attached to an aromatic ring is 1. The van der Waals surface area contributed by atoms with E-state index >= 15 is 0 Å². The summed E-state index contributed by atoms with van der Waals surface area (Å²) in [5, 5.41) is 4.94. The van der Waals surface area contributed by atoms with Crippen molar-refractivity contribution in [2.75, 3.05) is 17.6 Å². The van der Waals surface area contributed by atoms with Gasteiger partial charge in [-0.05, 0) is 42.8 Å². The van der Waals surface area contributed by atoms with Crippen LogP contribution in [0.1, 0.15) is 33.9 Å². The molecule has 1 fully saturated rings. The summed E-state index contributed by atoms with van der Waals surface area (Å²) in [6.45, 7) is 2.33. The van der Waals surface area contributed by atoms with Crippen LogP contribution in [-0.4, -0.2) is 44.3 Å². The van der Waals surface area contributed by atoms with Crippen molar-refractivity contribution in [3.63, 3.8) is 0 Å². The summed E-state index contributed by atoms with van der Waals surface area (Å²) in [6.07, 6.45) is 1.31. The van der Waals surface area contributed by atoms with Gasteiger partial charge in [0.15, 0.2) is 12.4 Å². The average Bonchev–Trinajstić information content (AvgIpc) is 3.45. The molecule has 0 radical (unpaired) electrons. The monoisotopic (exact) mass is 438 g/mol. The second-order valence-electron chi connectivity index (χ2n) is 7.11. The number of aromatic nitrogens is 3. The Bertz CT molecular complexity index is 1090. The number of para-hydroxylation sites is 1. The fourth-order valence-corrected chi connectivity index (χ4v) is 4.10. The van der Waals surface area contributed by atoms with Crippen molar-refractivity contribution in [3.8, 4) is 0 Å². The SMILES string of the molecule is Cc1ccccc1Nc1nc(N)nc(COC(=O)[C@@H]2CCCN2C(=O)c2cccs2)n1. The minimum atomic E-state index is -0.613. The number of likely N-dealkylation sites (tertiary alicyclic amines) is 1. The van der Waals surface area contributed by atoms with Gasteiger partial charge in [0.2, 0.25) is 11.9 Å². The summed E-state index contributed by atoms with van der Waals surface area (Å²) < 4.78 is 5.43. The molecule has 1 saturated heterocycles. The van der Waals surface area contributed by atoms with Gasteiger partial charge >= 0.3 is 5.97 Å². The molecule has 10 heteroatoms. The molecular weight excluding hydrogens is 416 g/mol. The predicted molar refractivity (Wildman–Crippen MR) is 117 cm³/mol. The number of nitrogens with zero attached hydrogens (tertiary/aromatic N) is 4. The molecule has 1 aliphatic rings. The predicted octanol–water partition coefficient (Wildman–Crippen LogP) is 2.92. The number of anilines is 3. The van der Waals surface area contributed by atoms with E-state index in [0.29, 0.717) is 17.8 Å². The first-order chi connectivity index (χ1) is 15.0. The standard InChI is InChI=1S/C21H22N6O3S/c1-13-6-2-3-7-14(13)23-21-25-17(24-20(22)26-21)12-30-19(29)15-8-4-10-27(15)18(28)16-9-5-11-31-16/h2-3,5-7,9,11,15H,4,8,10,12H2,1H3,(H3,22,23,24,25,26)/t15-/m0/s1. The van der Waals surface area contributed by atoms with Crippen molar-refractivity contribution in [1.82, 2.24) is 19.9 Å². The maximum absolute atomic E-state index is 12.7. The van der Waals surface area contributed by atoms with Crippen LogP contribution < -0.4 is 11.1 Å². The highest BCUT2D eigenvalue weighted by Gasteiger charge is 2.36. The van der Waals surface area contributed by atoms with E-state index in [1.165, 1.54) is 11.3 Å². The second kappa shape index (κ2) is 9.09. The first-order valence-electron chi connectivity index (χ1n) is 9.85. The van der Waals surface area contributed by atoms with Crippen LogP contribution in [0.25, 0.3) is 0 Å². The van der Waals surface area contributed by atoms with Gasteiger partial charge in [-0.25, -0.2) is 4.79 Å². The van der Waals surface area contributed by atoms with Crippen LogP contribution >= 0.6 is 11.3 Å². The van der Waals surface area contributed by atoms with Gasteiger partial charge in [-0.3, -0.25) is 4.79 Å². The van der Waals surface area contributed by atoms with E-state index < -0.39 is 12.0 Å². The summed E-state index contributed by atoms with van der Waals surface area (Å²) in [4.78, 5) is 40.0. The van der Waals surface area contributed by atoms with Gasteiger partial charge in [-0.15, -0.1) is 11.3 Å². The van der Waals surface area contributed by atoms with Gasteiger partial charge in [0.05, 0.1) is 4.88 Å². The summed E-state index contributed by atoms with van der Waals surface area (Å²) >= 11 is 1.36. The van der Waals surface area contributed by atoms with E-state index in [1.807, 2.05) is 42.6 Å². The number of rotatable bonds is 6. The molecule has 0 saturated carbocycles. The molecule has 9 nitrogen and oxygen atoms in total. The zero-order valence-electron chi connectivity index (χ0n) is 16.9. The number of nitrogens with one attached hydrogen (secondary N) is 1. The van der Waals surface area contributed by atoms with Crippen LogP contribution in [-0.2, 0) is 16.1 Å². The molecule has 3 N–H and O–H groups in total. The van der Waals surface area contributed by atoms with Crippen molar-refractivity contribution >= 4 is 40.8 Å². The Morgan fingerprint density at radius 1 is 1.23 bits per heavy atom. The van der Waals surface area contributed by atoms with Gasteiger partial charge in [-0.1, -0.05) is 24.3 Å². The van der Waals surface area contributed by atoms with Crippen molar-refractivity contribution in [3.05, 3.63) is 58.0 Å². The second-order valence-corrected chi connectivity index (χ2v) is 8.06. The number of aryl methyl sites for hydroxylation is 1. The van der Waals surface area contributed by atoms with E-state index in [9.17, 15) is 9.59 Å². The number of carbonyl (C=O) groups is 2. The van der Waals surface area contributed by atoms with Crippen molar-refractivity contribution in [1.29, 1.82) is 0 Å². The van der Waals surface area contributed by atoms with E-state index in [4.69, 9.17) is 10.5 Å². The summed E-state index contributed by atoms with van der Waals surface area (Å²) in [5.41, 5.74) is 7.66. The number of esters is 1. The van der Waals surface area contributed by atoms with Gasteiger partial charge in [0, 0.05) is 12.2 Å². The molecule has 3 aromatic rings. The number of benzene rings is 1. The number of ether oxygens (including phenoxy) is 1. The minimum absolute atomic E-state index is 0.0208. The molecule has 160 valence electrons. The van der Waals surface area contributed by atoms with E-state index in [-0.39, 0.29) is 30.2 Å². The molecule has 0 aliphatic carbocycles. The van der Waals surface area contributed by atoms with Crippen LogP contribution in [0.2, 0.25) is 0 Å². The molecule has 2 aromatic heterocycles. The summed E-state index contributed by atoms with van der Waals surface area (Å²) in [6, 6.07) is 10.6. The molecule has 1 aromatic carbocycles. The van der Waals surface area contributed by atoms with E-state index in [0.717, 1.165) is 17.7 Å². The van der Waals surface area contributed by atoms with Crippen molar-refractivity contribution in [2.45, 2.75) is 32.4 Å². The third-order valence-corrected chi connectivity index (χ3v) is 5.81. The topological polar surface area (TPSA) is 123 Å². The zero-order chi connectivity index (χ0) is 21.8. The third kappa shape index (κ3) is 4.80. The van der Waals surface area contributed by atoms with Crippen LogP contribution in [0, 0.1) is 6.92 Å². The quantitative estimate of drug-likeness (QED) is 0.563. The number of carbonyl (C=O) groups excluding carboxylic acids is 2. The van der Waals surface area contributed by atoms with Crippen molar-refractivity contribution < 1.29 is 14.3 Å². The highest BCUT2D eigenvalue weighted by atomic mass is 32.1. The Hall–Kier alpha value is -3.53. The smallest absolute Gasteiger partial charge is 0.329 e. The van der Waals surface area contributed by atoms with E-state index in [1.54, 1.807) is 11.0 Å². The molecule has 0 unspecified atom stereocenters. The van der Waals surface area contributed by atoms with Gasteiger partial charge in [0.25, 0.3) is 5.91 Å². The normalized spacial score (nSPS) is 15.6. The Labute approximate surface area is 183 Å². The number of hydrogen-bond acceptors (Lipinski definition) is 9. The maximum atomic E-state index is 12.7. The number of nitrogens with two attached hydrogens (primary N) is 1. The fraction of sp³-hybridized carbons (Fsp3) is 0.286. The average molecular weight is 439 g/mol. The summed E-state index contributed by atoms with van der Waals surface area (Å²) in [5.74, 6) is -0.111. The van der Waals surface area contributed by atoms with Gasteiger partial charge < -0.3 is 20.7 Å². The minimum Gasteiger partial charge on any atom is -0.456 e. The lowest BCUT2D eigenvalue weighted by atomic mass is 10.2. The molecule has 0 spiro atoms. The highest BCUT2D eigenvalue weighted by Crippen LogP contribution is 2.23. The first-order valence-corrected chi connectivity index (χ1v) is 10.7. The lowest BCUT2D eigenvalue weighted by Crippen LogP contribution is -2.41. The third-order valence-electron chi connectivity index (χ3n) is 4.95. The molecular formula is C21H22N6O3S. The Kier molecular flexibility index (Phi) is 6.08. The Morgan fingerprint density at radius 2 is 2.06 bits per heavy atom. The van der Waals surface area contributed by atoms with Crippen LogP contribution in [0.4, 0.5) is 17.6 Å². The lowest BCUT2D eigenvalue weighted by molar-refractivity contribution is -0.149. The largest absolute Gasteiger partial charge is 0.456 e. The lowest BCUT2D eigenvalue weighted by Gasteiger charge is -2.22. The summed E-state index contributed by atoms with van der Waals surface area (Å²) in [7, 11) is 0. The Morgan fingerprint density at radius 3 is 2.84 bits per heavy atom. The van der Waals surface area contributed by atoms with Crippen LogP contribution in [0.15, 0.2) is 41.8 Å². The molecule has 1 amide bonds. The maximum Gasteiger partial charge on any atom is 0.329 e. The molecule has 0 bridgehead atoms. The van der Waals surface area contributed by atoms with E-state index in [2.05, 4.69) is 20.3 Å². The fourth-order valence-electron chi connectivity index (χ4n) is 3.42. The van der Waals surface area contributed by atoms with Gasteiger partial charge in [0.1, 0.15) is 6.04 Å². The van der Waals surface area contributed by atoms with Crippen LogP contribution in [0.5, 0.6) is 0 Å². The number of hydrogen-bond donors (Lipinski definition) is 2. The van der Waals surface area contributed by atoms with Crippen LogP contribution in [0.3, 0.4) is 0 Å².